The SMILES string of the molecule is C1CCCC1.Cc1cc(C)cc([P@](c2cc(C)cc(C(F)(F)F)c2)[C@H](C)C2CCCC2c2ccccc2P(C2CCCCC2)C2CCCCC2)c1.FC1(F)Oc2ccc(P(c3ccccc3)c3ccccc3)c(-c3c(P(c4ccccc4)c4ccccc4)ccc4c3OC(F)(F)O4)c2O1.[Fe]. The molecule has 0 aromatic heterocycles. The molecular weight excluding hydrogens is 1390 g/mol. The minimum atomic E-state index is -4.35. The van der Waals surface area contributed by atoms with E-state index in [2.05, 4.69) is 69.3 Å². The van der Waals surface area contributed by atoms with E-state index in [-0.39, 0.29) is 64.8 Å². The maximum Gasteiger partial charge on any atom is 0.586 e. The topological polar surface area (TPSA) is 36.9 Å². The number of alkyl halides is 7. The summed E-state index contributed by atoms with van der Waals surface area (Å²) < 4.78 is 123. The summed E-state index contributed by atoms with van der Waals surface area (Å²) in [6.07, 6.45) is 12.7. The molecule has 524 valence electrons. The molecule has 15 rings (SSSR count). The third-order valence-electron chi connectivity index (χ3n) is 20.4. The largest absolute Gasteiger partial charge is 0.586 e. The quantitative estimate of drug-likeness (QED) is 0.0582. The van der Waals surface area contributed by atoms with E-state index in [4.69, 9.17) is 18.9 Å². The molecule has 9 aromatic carbocycles. The summed E-state index contributed by atoms with van der Waals surface area (Å²) >= 11 is 0. The maximum atomic E-state index is 15.0. The number of ether oxygens (including phenoxy) is 4. The van der Waals surface area contributed by atoms with Crippen LogP contribution in [0.25, 0.3) is 11.1 Å². The average Bonchev–Trinajstić information content (AvgIpc) is 1.49. The Morgan fingerprint density at radius 2 is 0.770 bits per heavy atom. The van der Waals surface area contributed by atoms with E-state index in [1.54, 1.807) is 23.0 Å². The van der Waals surface area contributed by atoms with E-state index in [1.165, 1.54) is 150 Å². The van der Waals surface area contributed by atoms with E-state index in [9.17, 15) is 30.7 Å². The van der Waals surface area contributed by atoms with Crippen molar-refractivity contribution in [3.8, 4) is 34.1 Å². The molecule has 0 radical (unpaired) electrons. The van der Waals surface area contributed by atoms with Gasteiger partial charge in [-0.1, -0.05) is 273 Å². The van der Waals surface area contributed by atoms with Crippen LogP contribution in [-0.2, 0) is 23.2 Å². The van der Waals surface area contributed by atoms with Crippen molar-refractivity contribution in [2.75, 3.05) is 0 Å². The van der Waals surface area contributed by atoms with Gasteiger partial charge in [0.15, 0.2) is 23.0 Å². The zero-order valence-corrected chi connectivity index (χ0v) is 61.8. The minimum Gasteiger partial charge on any atom is -0.395 e. The number of halogens is 7. The van der Waals surface area contributed by atoms with Gasteiger partial charge < -0.3 is 18.9 Å². The van der Waals surface area contributed by atoms with Crippen LogP contribution >= 0.6 is 31.7 Å². The second-order valence-electron chi connectivity index (χ2n) is 27.5. The molecule has 9 aromatic rings. The molecule has 2 aliphatic heterocycles. The van der Waals surface area contributed by atoms with Gasteiger partial charge in [-0.3, -0.25) is 0 Å². The first kappa shape index (κ1) is 73.7. The van der Waals surface area contributed by atoms with Gasteiger partial charge in [0.2, 0.25) is 0 Å². The van der Waals surface area contributed by atoms with Crippen LogP contribution in [0.3, 0.4) is 0 Å². The van der Waals surface area contributed by atoms with Gasteiger partial charge in [0.25, 0.3) is 0 Å². The van der Waals surface area contributed by atoms with E-state index >= 15 is 0 Å². The van der Waals surface area contributed by atoms with Crippen LogP contribution in [0.5, 0.6) is 23.0 Å². The molecule has 0 amide bonds. The van der Waals surface area contributed by atoms with Crippen LogP contribution in [0.15, 0.2) is 206 Å². The summed E-state index contributed by atoms with van der Waals surface area (Å²) in [6, 6.07) is 66.0. The maximum absolute atomic E-state index is 15.0. The molecule has 4 saturated carbocycles. The Kier molecular flexibility index (Phi) is 24.1. The first-order valence-electron chi connectivity index (χ1n) is 35.5. The van der Waals surface area contributed by atoms with Crippen LogP contribution in [0.2, 0.25) is 0 Å². The molecule has 100 heavy (non-hydrogen) atoms. The standard InChI is InChI=1S/C41H53F3P2.C38H24F4O4P2.C5H10.Fe/c1-28-22-29(2)25-35(24-28)45(36-26-30(3)23-32(27-36)41(42,43)44)31(4)37-19-13-20-38(37)39-18-11-12-21-40(39)46(33-14-7-5-8-15-33)34-16-9-6-10-17-34;39-37(40)43-29-21-23-31(47(25-13-5-1-6-14-25)26-15-7-2-8-16-26)33(35(29)45-37)34-32(24-22-30-36(34)46-38(41,42)44-30)48(27-17-9-3-10-18-27)28-19-11-4-12-20-28;1-2-4-5-3-1;/h11-12,18,21-27,31,33-34,37-38H,5-10,13-17,19-20H2,1-4H3;1-24H;1-5H2;/t31-,37?,38?,45-;;;/m1.../s1. The van der Waals surface area contributed by atoms with Crippen molar-refractivity contribution >= 4 is 79.4 Å². The number of rotatable bonds is 15. The van der Waals surface area contributed by atoms with E-state index < -0.39 is 48.1 Å². The molecule has 4 fully saturated rings. The minimum absolute atomic E-state index is 0. The molecule has 0 spiro atoms. The molecule has 4 atom stereocenters. The zero-order chi connectivity index (χ0) is 68.8. The fourth-order valence-corrected chi connectivity index (χ4v) is 28.5. The van der Waals surface area contributed by atoms with Crippen LogP contribution in [0, 0.1) is 26.7 Å². The predicted molar refractivity (Wildman–Crippen MR) is 399 cm³/mol. The molecule has 6 aliphatic rings. The molecule has 4 nitrogen and oxygen atoms in total. The second-order valence-corrected chi connectivity index (χ2v) is 37.2. The summed E-state index contributed by atoms with van der Waals surface area (Å²) in [6.45, 7) is 8.46. The summed E-state index contributed by atoms with van der Waals surface area (Å²) in [7, 11) is -4.13. The molecule has 0 saturated heterocycles. The van der Waals surface area contributed by atoms with Gasteiger partial charge in [0.05, 0.1) is 5.56 Å². The van der Waals surface area contributed by atoms with E-state index in [0.717, 1.165) is 44.3 Å². The Labute approximate surface area is 601 Å². The molecule has 4 aliphatic carbocycles. The van der Waals surface area contributed by atoms with Gasteiger partial charge in [-0.15, -0.1) is 17.6 Å². The summed E-state index contributed by atoms with van der Waals surface area (Å²) in [5, 5.41) is 8.64. The van der Waals surface area contributed by atoms with Crippen LogP contribution in [-0.4, -0.2) is 29.6 Å². The van der Waals surface area contributed by atoms with Gasteiger partial charge >= 0.3 is 18.8 Å². The summed E-state index contributed by atoms with van der Waals surface area (Å²) in [5.41, 5.74) is 6.52. The number of fused-ring (bicyclic) bond motifs is 2. The molecule has 0 N–H and O–H groups in total. The van der Waals surface area contributed by atoms with Crippen molar-refractivity contribution in [1.82, 2.24) is 0 Å². The summed E-state index contributed by atoms with van der Waals surface area (Å²) in [4.78, 5) is 0. The van der Waals surface area contributed by atoms with Crippen molar-refractivity contribution in [3.05, 3.63) is 234 Å². The normalized spacial score (nSPS) is 19.1. The zero-order valence-electron chi connectivity index (χ0n) is 57.2. The van der Waals surface area contributed by atoms with Gasteiger partial charge in [-0.25, -0.2) is 0 Å². The number of aryl methyl sites for hydroxylation is 3. The predicted octanol–water partition coefficient (Wildman–Crippen LogP) is 21.3. The smallest absolute Gasteiger partial charge is 0.395 e. The van der Waals surface area contributed by atoms with Crippen LogP contribution in [0.1, 0.15) is 156 Å². The molecule has 2 unspecified atom stereocenters. The second kappa shape index (κ2) is 32.7. The molecule has 0 bridgehead atoms. The first-order valence-corrected chi connectivity index (χ1v) is 41.1. The average molecular weight is 1470 g/mol. The third kappa shape index (κ3) is 16.9. The number of benzene rings is 9. The first-order chi connectivity index (χ1) is 47.9. The Morgan fingerprint density at radius 1 is 0.390 bits per heavy atom. The van der Waals surface area contributed by atoms with Crippen LogP contribution < -0.4 is 66.7 Å². The molecular formula is C84H87F7FeO4P4. The van der Waals surface area contributed by atoms with Gasteiger partial charge in [-0.05, 0) is 207 Å². The van der Waals surface area contributed by atoms with Crippen molar-refractivity contribution in [3.63, 3.8) is 0 Å². The van der Waals surface area contributed by atoms with Crippen molar-refractivity contribution < 1.29 is 66.7 Å². The van der Waals surface area contributed by atoms with Crippen molar-refractivity contribution in [1.29, 1.82) is 0 Å². The number of hydrogen-bond donors (Lipinski definition) is 0. The molecule has 16 heteroatoms. The van der Waals surface area contributed by atoms with Crippen molar-refractivity contribution in [2.45, 2.75) is 185 Å². The van der Waals surface area contributed by atoms with Gasteiger partial charge in [0, 0.05) is 28.2 Å². The Morgan fingerprint density at radius 3 is 1.19 bits per heavy atom. The molecule has 2 heterocycles. The Hall–Kier alpha value is -6.07. The van der Waals surface area contributed by atoms with Crippen molar-refractivity contribution in [2.24, 2.45) is 5.92 Å². The van der Waals surface area contributed by atoms with Crippen LogP contribution in [0.4, 0.5) is 30.7 Å². The summed E-state index contributed by atoms with van der Waals surface area (Å²) in [5.74, 6) is -0.0212. The monoisotopic (exact) mass is 1470 g/mol. The van der Waals surface area contributed by atoms with E-state index in [0.29, 0.717) is 28.0 Å². The van der Waals surface area contributed by atoms with E-state index in [1.807, 2.05) is 128 Å². The third-order valence-corrected chi connectivity index (χ3v) is 31.8. The van der Waals surface area contributed by atoms with Gasteiger partial charge in [0.1, 0.15) is 0 Å². The number of hydrogen-bond acceptors (Lipinski definition) is 4. The van der Waals surface area contributed by atoms with Gasteiger partial charge in [-0.2, -0.15) is 13.2 Å². The fraction of sp³-hybridized carbons (Fsp3) is 0.357. The fourth-order valence-electron chi connectivity index (χ4n) is 16.3. The Bertz CT molecular complexity index is 3910. The Balaban J connectivity index is 0.000000175.